The van der Waals surface area contributed by atoms with E-state index in [1.54, 1.807) is 6.33 Å². The van der Waals surface area contributed by atoms with E-state index in [0.717, 1.165) is 29.9 Å². The molecule has 4 heteroatoms. The van der Waals surface area contributed by atoms with E-state index < -0.39 is 0 Å². The van der Waals surface area contributed by atoms with E-state index in [2.05, 4.69) is 15.3 Å². The second kappa shape index (κ2) is 5.57. The van der Waals surface area contributed by atoms with Gasteiger partial charge in [0.2, 0.25) is 0 Å². The van der Waals surface area contributed by atoms with Gasteiger partial charge in [0.05, 0.1) is 0 Å². The Labute approximate surface area is 118 Å². The molecule has 1 aromatic carbocycles. The summed E-state index contributed by atoms with van der Waals surface area (Å²) in [6.07, 6.45) is 6.24. The van der Waals surface area contributed by atoms with Crippen molar-refractivity contribution in [2.24, 2.45) is 0 Å². The molecule has 3 nitrogen and oxygen atoms in total. The molecular formula is C15H16ClN3. The molecule has 0 unspecified atom stereocenters. The molecule has 0 saturated heterocycles. The molecule has 0 spiro atoms. The molecule has 0 radical (unpaired) electrons. The zero-order chi connectivity index (χ0) is 13.1. The molecule has 1 N–H and O–H groups in total. The Kier molecular flexibility index (Phi) is 3.65. The highest BCUT2D eigenvalue weighted by Crippen LogP contribution is 2.26. The first-order valence-electron chi connectivity index (χ1n) is 6.61. The molecule has 98 valence electrons. The van der Waals surface area contributed by atoms with Crippen molar-refractivity contribution < 1.29 is 0 Å². The summed E-state index contributed by atoms with van der Waals surface area (Å²) in [5, 5.41) is 3.39. The van der Waals surface area contributed by atoms with Gasteiger partial charge in [0, 0.05) is 22.8 Å². The number of aromatic nitrogens is 2. The molecule has 0 aliphatic heterocycles. The number of benzene rings is 1. The van der Waals surface area contributed by atoms with Crippen molar-refractivity contribution in [2.45, 2.75) is 31.6 Å². The number of hydrogen-bond acceptors (Lipinski definition) is 3. The average molecular weight is 274 g/mol. The van der Waals surface area contributed by atoms with Crippen LogP contribution < -0.4 is 5.32 Å². The highest BCUT2D eigenvalue weighted by atomic mass is 35.5. The third kappa shape index (κ3) is 2.71. The second-order valence-corrected chi connectivity index (χ2v) is 5.08. The number of anilines is 2. The molecule has 3 rings (SSSR count). The van der Waals surface area contributed by atoms with Gasteiger partial charge in [-0.3, -0.25) is 0 Å². The quantitative estimate of drug-likeness (QED) is 0.864. The minimum atomic E-state index is 0.545. The maximum atomic E-state index is 5.79. The third-order valence-electron chi connectivity index (χ3n) is 3.50. The Bertz CT molecular complexity index is 566. The first-order valence-corrected chi connectivity index (χ1v) is 7.15. The van der Waals surface area contributed by atoms with E-state index in [1.807, 2.05) is 24.3 Å². The van der Waals surface area contributed by atoms with Gasteiger partial charge in [-0.25, -0.2) is 9.97 Å². The van der Waals surface area contributed by atoms with Crippen molar-refractivity contribution in [1.82, 2.24) is 9.97 Å². The number of fused-ring (bicyclic) bond motifs is 1. The summed E-state index contributed by atoms with van der Waals surface area (Å²) >= 11 is 5.79. The fraction of sp³-hybridized carbons (Fsp3) is 0.333. The predicted molar refractivity (Wildman–Crippen MR) is 78.0 cm³/mol. The molecular weight excluding hydrogens is 258 g/mol. The molecule has 1 aromatic heterocycles. The Morgan fingerprint density at radius 3 is 2.63 bits per heavy atom. The molecule has 0 bridgehead atoms. The Morgan fingerprint density at radius 2 is 1.84 bits per heavy atom. The molecule has 0 fully saturated rings. The summed E-state index contributed by atoms with van der Waals surface area (Å²) in [4.78, 5) is 8.76. The van der Waals surface area contributed by atoms with Crippen LogP contribution in [-0.2, 0) is 18.7 Å². The lowest BCUT2D eigenvalue weighted by atomic mass is 9.96. The van der Waals surface area contributed by atoms with Crippen molar-refractivity contribution in [2.75, 3.05) is 5.32 Å². The van der Waals surface area contributed by atoms with Gasteiger partial charge in [-0.1, -0.05) is 12.1 Å². The standard InChI is InChI=1S/C15H16ClN3/c16-9-11-5-7-12(8-6-11)19-15-13-3-1-2-4-14(13)17-10-18-15/h5-8,10H,1-4,9H2,(H,17,18,19). The summed E-state index contributed by atoms with van der Waals surface area (Å²) in [7, 11) is 0. The van der Waals surface area contributed by atoms with E-state index in [4.69, 9.17) is 11.6 Å². The lowest BCUT2D eigenvalue weighted by Gasteiger charge is -2.18. The van der Waals surface area contributed by atoms with Crippen LogP contribution in [0.2, 0.25) is 0 Å². The van der Waals surface area contributed by atoms with Crippen LogP contribution in [-0.4, -0.2) is 9.97 Å². The van der Waals surface area contributed by atoms with Crippen molar-refractivity contribution in [3.63, 3.8) is 0 Å². The van der Waals surface area contributed by atoms with Crippen LogP contribution >= 0.6 is 11.6 Å². The highest BCUT2D eigenvalue weighted by Gasteiger charge is 2.15. The number of alkyl halides is 1. The van der Waals surface area contributed by atoms with Gasteiger partial charge in [0.1, 0.15) is 12.1 Å². The largest absolute Gasteiger partial charge is 0.340 e. The summed E-state index contributed by atoms with van der Waals surface area (Å²) in [5.41, 5.74) is 4.63. The molecule has 0 saturated carbocycles. The maximum absolute atomic E-state index is 5.79. The van der Waals surface area contributed by atoms with Crippen molar-refractivity contribution in [1.29, 1.82) is 0 Å². The van der Waals surface area contributed by atoms with Gasteiger partial charge < -0.3 is 5.32 Å². The SMILES string of the molecule is ClCc1ccc(Nc2ncnc3c2CCCC3)cc1. The van der Waals surface area contributed by atoms with Crippen LogP contribution in [0.1, 0.15) is 29.7 Å². The molecule has 1 aliphatic rings. The van der Waals surface area contributed by atoms with E-state index in [9.17, 15) is 0 Å². The zero-order valence-electron chi connectivity index (χ0n) is 10.7. The number of aryl methyl sites for hydroxylation is 1. The Hall–Kier alpha value is -1.61. The second-order valence-electron chi connectivity index (χ2n) is 4.81. The van der Waals surface area contributed by atoms with Crippen LogP contribution in [0.15, 0.2) is 30.6 Å². The average Bonchev–Trinajstić information content (AvgIpc) is 2.48. The lowest BCUT2D eigenvalue weighted by Crippen LogP contribution is -2.10. The zero-order valence-corrected chi connectivity index (χ0v) is 11.5. The summed E-state index contributed by atoms with van der Waals surface area (Å²) in [6, 6.07) is 8.13. The number of hydrogen-bond donors (Lipinski definition) is 1. The van der Waals surface area contributed by atoms with Gasteiger partial charge >= 0.3 is 0 Å². The first-order chi connectivity index (χ1) is 9.36. The van der Waals surface area contributed by atoms with Gasteiger partial charge in [-0.05, 0) is 43.4 Å². The molecule has 0 amide bonds. The van der Waals surface area contributed by atoms with Gasteiger partial charge in [0.25, 0.3) is 0 Å². The predicted octanol–water partition coefficient (Wildman–Crippen LogP) is 3.84. The maximum Gasteiger partial charge on any atom is 0.137 e. The highest BCUT2D eigenvalue weighted by molar-refractivity contribution is 6.17. The number of halogens is 1. The van der Waals surface area contributed by atoms with Gasteiger partial charge in [-0.15, -0.1) is 11.6 Å². The topological polar surface area (TPSA) is 37.8 Å². The van der Waals surface area contributed by atoms with Crippen molar-refractivity contribution in [3.05, 3.63) is 47.4 Å². The van der Waals surface area contributed by atoms with Crippen LogP contribution in [0.3, 0.4) is 0 Å². The van der Waals surface area contributed by atoms with Crippen LogP contribution in [0.4, 0.5) is 11.5 Å². The van der Waals surface area contributed by atoms with E-state index in [0.29, 0.717) is 5.88 Å². The van der Waals surface area contributed by atoms with Crippen molar-refractivity contribution >= 4 is 23.1 Å². The summed E-state index contributed by atoms with van der Waals surface area (Å²) < 4.78 is 0. The number of nitrogens with zero attached hydrogens (tertiary/aromatic N) is 2. The van der Waals surface area contributed by atoms with Crippen molar-refractivity contribution in [3.8, 4) is 0 Å². The van der Waals surface area contributed by atoms with Crippen LogP contribution in [0.25, 0.3) is 0 Å². The van der Waals surface area contributed by atoms with E-state index in [-0.39, 0.29) is 0 Å². The summed E-state index contributed by atoms with van der Waals surface area (Å²) in [6.45, 7) is 0. The molecule has 1 heterocycles. The Morgan fingerprint density at radius 1 is 1.05 bits per heavy atom. The third-order valence-corrected chi connectivity index (χ3v) is 3.80. The Balaban J connectivity index is 1.86. The van der Waals surface area contributed by atoms with Crippen LogP contribution in [0.5, 0.6) is 0 Å². The van der Waals surface area contributed by atoms with E-state index in [1.165, 1.54) is 24.1 Å². The first kappa shape index (κ1) is 12.4. The van der Waals surface area contributed by atoms with Gasteiger partial charge in [0.15, 0.2) is 0 Å². The molecule has 19 heavy (non-hydrogen) atoms. The van der Waals surface area contributed by atoms with E-state index >= 15 is 0 Å². The minimum Gasteiger partial charge on any atom is -0.340 e. The number of nitrogens with one attached hydrogen (secondary N) is 1. The molecule has 0 atom stereocenters. The smallest absolute Gasteiger partial charge is 0.137 e. The fourth-order valence-electron chi connectivity index (χ4n) is 2.44. The lowest BCUT2D eigenvalue weighted by molar-refractivity contribution is 0.664. The number of rotatable bonds is 3. The molecule has 1 aliphatic carbocycles. The fourth-order valence-corrected chi connectivity index (χ4v) is 2.62. The molecule has 2 aromatic rings. The minimum absolute atomic E-state index is 0.545. The monoisotopic (exact) mass is 273 g/mol. The van der Waals surface area contributed by atoms with Crippen LogP contribution in [0, 0.1) is 0 Å². The normalized spacial score (nSPS) is 13.9. The van der Waals surface area contributed by atoms with Gasteiger partial charge in [-0.2, -0.15) is 0 Å². The summed E-state index contributed by atoms with van der Waals surface area (Å²) in [5.74, 6) is 1.49.